The zero-order chi connectivity index (χ0) is 42.1. The standard InChI is InChI=1S/C30H57N5O7.C5H6S.C4H10.C2H6/c1-11-20(4)27(34(8)25(38)18-32-30(40)26(19(2)3)33(6)7)23(41-9)17-24(37)35-15-12-13-22(35)28(42-10)21(5)29(39)31-14-16-36;1-5-3-2-4-6-5;1-4(2)3;1-2/h19-23,26-28,36H,11-18H2,1-10H3,(H,31,39)(H,32,40);2-4H,1H3;4H,1-3H3;1-2H3. The minimum atomic E-state index is -0.574. The van der Waals surface area contributed by atoms with E-state index in [4.69, 9.17) is 14.6 Å². The highest BCUT2D eigenvalue weighted by atomic mass is 32.1. The molecule has 0 aliphatic carbocycles. The van der Waals surface area contributed by atoms with Gasteiger partial charge >= 0.3 is 0 Å². The molecule has 2 rings (SSSR count). The van der Waals surface area contributed by atoms with E-state index in [0.717, 1.165) is 18.8 Å². The number of rotatable bonds is 18. The number of amides is 4. The molecular weight excluding hydrogens is 707 g/mol. The van der Waals surface area contributed by atoms with Crippen molar-refractivity contribution in [3.8, 4) is 0 Å². The molecule has 316 valence electrons. The number of likely N-dealkylation sites (N-methyl/N-ethyl adjacent to an activating group) is 2. The van der Waals surface area contributed by atoms with Crippen molar-refractivity contribution < 1.29 is 33.8 Å². The van der Waals surface area contributed by atoms with Crippen LogP contribution >= 0.6 is 11.3 Å². The van der Waals surface area contributed by atoms with Crippen LogP contribution < -0.4 is 10.6 Å². The third-order valence-corrected chi connectivity index (χ3v) is 10.1. The second kappa shape index (κ2) is 29.7. The number of likely N-dealkylation sites (tertiary alicyclic amines) is 1. The topological polar surface area (TPSA) is 141 Å². The summed E-state index contributed by atoms with van der Waals surface area (Å²) in [5, 5.41) is 16.6. The first kappa shape index (κ1) is 53.5. The number of aliphatic hydroxyl groups is 1. The van der Waals surface area contributed by atoms with Gasteiger partial charge in [0.1, 0.15) is 0 Å². The van der Waals surface area contributed by atoms with Crippen LogP contribution in [0.3, 0.4) is 0 Å². The molecule has 1 aromatic heterocycles. The number of ether oxygens (including phenoxy) is 2. The fraction of sp³-hybridized carbons (Fsp3) is 0.805. The van der Waals surface area contributed by atoms with E-state index in [0.29, 0.717) is 13.0 Å². The molecular formula is C41H79N5O7S. The van der Waals surface area contributed by atoms with Gasteiger partial charge in [-0.3, -0.25) is 24.1 Å². The van der Waals surface area contributed by atoms with Gasteiger partial charge in [0, 0.05) is 39.2 Å². The quantitative estimate of drug-likeness (QED) is 0.178. The lowest BCUT2D eigenvalue weighted by Crippen LogP contribution is -2.55. The van der Waals surface area contributed by atoms with Gasteiger partial charge in [0.25, 0.3) is 0 Å². The number of aryl methyl sites for hydroxylation is 1. The van der Waals surface area contributed by atoms with Crippen LogP contribution in [0.25, 0.3) is 0 Å². The summed E-state index contributed by atoms with van der Waals surface area (Å²) in [6.07, 6.45) is 1.23. The lowest BCUT2D eigenvalue weighted by atomic mass is 9.90. The van der Waals surface area contributed by atoms with Crippen LogP contribution in [-0.4, -0.2) is 135 Å². The van der Waals surface area contributed by atoms with Gasteiger partial charge in [-0.05, 0) is 63.1 Å². The van der Waals surface area contributed by atoms with Gasteiger partial charge in [0.05, 0.1) is 55.8 Å². The molecule has 1 saturated heterocycles. The molecule has 1 aliphatic rings. The van der Waals surface area contributed by atoms with Gasteiger partial charge in [-0.25, -0.2) is 0 Å². The summed E-state index contributed by atoms with van der Waals surface area (Å²) in [5.41, 5.74) is 0. The van der Waals surface area contributed by atoms with E-state index in [1.807, 2.05) is 60.5 Å². The van der Waals surface area contributed by atoms with Crippen molar-refractivity contribution in [1.82, 2.24) is 25.3 Å². The summed E-state index contributed by atoms with van der Waals surface area (Å²) in [4.78, 5) is 59.0. The maximum atomic E-state index is 13.7. The molecule has 1 fully saturated rings. The highest BCUT2D eigenvalue weighted by Crippen LogP contribution is 2.29. The number of carbonyl (C=O) groups excluding carboxylic acids is 4. The Morgan fingerprint density at radius 3 is 1.98 bits per heavy atom. The molecule has 2 heterocycles. The predicted molar refractivity (Wildman–Crippen MR) is 222 cm³/mol. The van der Waals surface area contributed by atoms with Crippen molar-refractivity contribution in [1.29, 1.82) is 0 Å². The first-order valence-corrected chi connectivity index (χ1v) is 20.7. The Bertz CT molecular complexity index is 1140. The van der Waals surface area contributed by atoms with Crippen molar-refractivity contribution in [2.45, 2.75) is 132 Å². The molecule has 13 heteroatoms. The SMILES string of the molecule is CC.CC(C)C.CCC(C)C(C(CC(=O)N1CCCC1C(OC)C(C)C(=O)NCCO)OC)N(C)C(=O)CNC(=O)C(C(C)C)N(C)C.Cc1cccs1. The highest BCUT2D eigenvalue weighted by Gasteiger charge is 2.42. The fourth-order valence-corrected chi connectivity index (χ4v) is 7.08. The molecule has 7 atom stereocenters. The van der Waals surface area contributed by atoms with E-state index in [2.05, 4.69) is 55.8 Å². The van der Waals surface area contributed by atoms with Crippen molar-refractivity contribution in [2.24, 2.45) is 23.7 Å². The molecule has 0 radical (unpaired) electrons. The molecule has 54 heavy (non-hydrogen) atoms. The molecule has 12 nitrogen and oxygen atoms in total. The van der Waals surface area contributed by atoms with Gasteiger partial charge in [-0.1, -0.05) is 81.7 Å². The minimum absolute atomic E-state index is 0.0222. The largest absolute Gasteiger partial charge is 0.395 e. The van der Waals surface area contributed by atoms with Crippen molar-refractivity contribution in [3.63, 3.8) is 0 Å². The molecule has 3 N–H and O–H groups in total. The lowest BCUT2D eigenvalue weighted by Gasteiger charge is -2.39. The molecule has 0 bridgehead atoms. The van der Waals surface area contributed by atoms with E-state index in [1.165, 1.54) is 4.88 Å². The Morgan fingerprint density at radius 1 is 0.981 bits per heavy atom. The third-order valence-electron chi connectivity index (χ3n) is 9.25. The monoisotopic (exact) mass is 786 g/mol. The Kier molecular flexibility index (Phi) is 29.4. The van der Waals surface area contributed by atoms with Gasteiger partial charge in [0.2, 0.25) is 23.6 Å². The zero-order valence-corrected chi connectivity index (χ0v) is 37.5. The number of nitrogens with one attached hydrogen (secondary N) is 2. The lowest BCUT2D eigenvalue weighted by molar-refractivity contribution is -0.145. The van der Waals surface area contributed by atoms with Crippen LogP contribution in [0.15, 0.2) is 17.5 Å². The van der Waals surface area contributed by atoms with Crippen LogP contribution in [0, 0.1) is 30.6 Å². The van der Waals surface area contributed by atoms with E-state index in [9.17, 15) is 19.2 Å². The summed E-state index contributed by atoms with van der Waals surface area (Å²) < 4.78 is 11.6. The maximum absolute atomic E-state index is 13.7. The van der Waals surface area contributed by atoms with E-state index < -0.39 is 24.2 Å². The van der Waals surface area contributed by atoms with Crippen LogP contribution in [0.1, 0.15) is 99.8 Å². The van der Waals surface area contributed by atoms with Crippen molar-refractivity contribution >= 4 is 35.0 Å². The van der Waals surface area contributed by atoms with Crippen LogP contribution in [0.2, 0.25) is 0 Å². The smallest absolute Gasteiger partial charge is 0.242 e. The Labute approximate surface area is 333 Å². The number of methoxy groups -OCH3 is 2. The first-order valence-electron chi connectivity index (χ1n) is 19.8. The molecule has 1 aromatic rings. The number of aliphatic hydroxyl groups excluding tert-OH is 1. The summed E-state index contributed by atoms with van der Waals surface area (Å²) in [6.45, 7) is 22.7. The van der Waals surface area contributed by atoms with Crippen LogP contribution in [0.4, 0.5) is 0 Å². The minimum Gasteiger partial charge on any atom is -0.395 e. The van der Waals surface area contributed by atoms with Gasteiger partial charge in [0.15, 0.2) is 0 Å². The summed E-state index contributed by atoms with van der Waals surface area (Å²) >= 11 is 1.78. The second-order valence-electron chi connectivity index (χ2n) is 15.0. The number of hydrogen-bond donors (Lipinski definition) is 3. The van der Waals surface area contributed by atoms with Crippen molar-refractivity contribution in [3.05, 3.63) is 22.4 Å². The van der Waals surface area contributed by atoms with Crippen LogP contribution in [-0.2, 0) is 28.7 Å². The molecule has 1 aliphatic heterocycles. The van der Waals surface area contributed by atoms with E-state index >= 15 is 0 Å². The van der Waals surface area contributed by atoms with E-state index in [1.54, 1.807) is 49.3 Å². The average molecular weight is 786 g/mol. The Balaban J connectivity index is 0. The average Bonchev–Trinajstić information content (AvgIpc) is 3.81. The van der Waals surface area contributed by atoms with Gasteiger partial charge in [-0.15, -0.1) is 11.3 Å². The molecule has 4 amide bonds. The maximum Gasteiger partial charge on any atom is 0.242 e. The third kappa shape index (κ3) is 19.3. The second-order valence-corrected chi connectivity index (χ2v) is 16.1. The predicted octanol–water partition coefficient (Wildman–Crippen LogP) is 5.46. The number of hydrogen-bond acceptors (Lipinski definition) is 9. The van der Waals surface area contributed by atoms with Crippen LogP contribution in [0.5, 0.6) is 0 Å². The Morgan fingerprint density at radius 2 is 1.57 bits per heavy atom. The molecule has 0 spiro atoms. The normalized spacial score (nSPS) is 17.0. The Hall–Kier alpha value is -2.58. The first-order chi connectivity index (χ1) is 25.4. The summed E-state index contributed by atoms with van der Waals surface area (Å²) in [7, 11) is 8.46. The molecule has 7 unspecified atom stereocenters. The number of thiophene rings is 1. The van der Waals surface area contributed by atoms with E-state index in [-0.39, 0.29) is 73.7 Å². The zero-order valence-electron chi connectivity index (χ0n) is 36.7. The molecule has 0 aromatic carbocycles. The number of carbonyl (C=O) groups is 4. The van der Waals surface area contributed by atoms with Crippen molar-refractivity contribution in [2.75, 3.05) is 61.6 Å². The molecule has 0 saturated carbocycles. The summed E-state index contributed by atoms with van der Waals surface area (Å²) in [5.74, 6) is -0.411. The van der Waals surface area contributed by atoms with Gasteiger partial charge < -0.3 is 35.0 Å². The van der Waals surface area contributed by atoms with Gasteiger partial charge in [-0.2, -0.15) is 0 Å². The summed E-state index contributed by atoms with van der Waals surface area (Å²) in [6, 6.07) is 3.12. The fourth-order valence-electron chi connectivity index (χ4n) is 6.55. The highest BCUT2D eigenvalue weighted by molar-refractivity contribution is 7.09. The number of nitrogens with zero attached hydrogens (tertiary/aromatic N) is 3.